The van der Waals surface area contributed by atoms with Crippen molar-refractivity contribution in [2.75, 3.05) is 44.2 Å². The van der Waals surface area contributed by atoms with Crippen molar-refractivity contribution in [2.24, 2.45) is 7.05 Å². The van der Waals surface area contributed by atoms with E-state index in [1.54, 1.807) is 21.8 Å². The second kappa shape index (κ2) is 10.9. The summed E-state index contributed by atoms with van der Waals surface area (Å²) in [4.78, 5) is 23.2. The summed E-state index contributed by atoms with van der Waals surface area (Å²) in [5.41, 5.74) is 4.73. The van der Waals surface area contributed by atoms with E-state index in [2.05, 4.69) is 53.1 Å². The van der Waals surface area contributed by atoms with Gasteiger partial charge in [-0.25, -0.2) is 24.6 Å². The van der Waals surface area contributed by atoms with Crippen molar-refractivity contribution < 1.29 is 4.74 Å². The van der Waals surface area contributed by atoms with Crippen LogP contribution in [0.2, 0.25) is 0 Å². The Bertz CT molecular complexity index is 1620. The Morgan fingerprint density at radius 1 is 0.902 bits per heavy atom. The van der Waals surface area contributed by atoms with E-state index in [0.29, 0.717) is 49.5 Å². The van der Waals surface area contributed by atoms with Crippen molar-refractivity contribution in [1.29, 1.82) is 0 Å². The number of hydrogen-bond acceptors (Lipinski definition) is 11. The first kappa shape index (κ1) is 25.7. The van der Waals surface area contributed by atoms with E-state index in [0.717, 1.165) is 54.9 Å². The second-order valence-electron chi connectivity index (χ2n) is 10.7. The van der Waals surface area contributed by atoms with Gasteiger partial charge in [0.05, 0.1) is 49.6 Å². The van der Waals surface area contributed by atoms with Gasteiger partial charge in [0.25, 0.3) is 0 Å². The first-order chi connectivity index (χ1) is 20.1. The van der Waals surface area contributed by atoms with Crippen LogP contribution < -0.4 is 4.90 Å². The van der Waals surface area contributed by atoms with E-state index in [4.69, 9.17) is 19.7 Å². The highest BCUT2D eigenvalue weighted by Crippen LogP contribution is 2.26. The molecule has 0 N–H and O–H groups in total. The van der Waals surface area contributed by atoms with Crippen LogP contribution >= 0.6 is 0 Å². The van der Waals surface area contributed by atoms with Crippen molar-refractivity contribution in [1.82, 2.24) is 59.4 Å². The highest BCUT2D eigenvalue weighted by atomic mass is 16.5. The summed E-state index contributed by atoms with van der Waals surface area (Å²) in [6, 6.07) is 0.451. The van der Waals surface area contributed by atoms with Gasteiger partial charge in [0, 0.05) is 74.7 Å². The van der Waals surface area contributed by atoms with E-state index in [-0.39, 0.29) is 6.10 Å². The van der Waals surface area contributed by atoms with Crippen LogP contribution in [0.5, 0.6) is 0 Å². The second-order valence-corrected chi connectivity index (χ2v) is 10.7. The third kappa shape index (κ3) is 5.27. The van der Waals surface area contributed by atoms with Crippen molar-refractivity contribution in [2.45, 2.75) is 38.5 Å². The Balaban J connectivity index is 1.01. The van der Waals surface area contributed by atoms with E-state index < -0.39 is 0 Å². The molecule has 0 aromatic carbocycles. The number of morpholine rings is 1. The molecule has 0 unspecified atom stereocenters. The topological polar surface area (TPSA) is 134 Å². The molecule has 41 heavy (non-hydrogen) atoms. The zero-order chi connectivity index (χ0) is 27.8. The highest BCUT2D eigenvalue weighted by Gasteiger charge is 2.25. The average Bonchev–Trinajstić information content (AvgIpc) is 3.78. The van der Waals surface area contributed by atoms with Crippen LogP contribution in [0.15, 0.2) is 43.4 Å². The van der Waals surface area contributed by atoms with Crippen molar-refractivity contribution >= 4 is 17.2 Å². The molecule has 2 aliphatic rings. The SMILES string of the molecule is CCN1CCC(n2cc(-c3cnc(N4CCO[C@H](Cn5nnc6ncc(-c7cnn(C)c7)nc65)C4)nc3)cn2)CC1. The molecule has 2 aliphatic heterocycles. The molecule has 5 aromatic heterocycles. The maximum atomic E-state index is 6.08. The number of rotatable bonds is 7. The largest absolute Gasteiger partial charge is 0.373 e. The number of ether oxygens (including phenoxy) is 1. The fourth-order valence-corrected chi connectivity index (χ4v) is 5.60. The number of likely N-dealkylation sites (tertiary alicyclic amines) is 1. The number of piperidine rings is 1. The minimum Gasteiger partial charge on any atom is -0.373 e. The molecular weight excluding hydrogens is 522 g/mol. The maximum Gasteiger partial charge on any atom is 0.225 e. The van der Waals surface area contributed by atoms with Crippen LogP contribution in [0.25, 0.3) is 33.7 Å². The number of anilines is 1. The fourth-order valence-electron chi connectivity index (χ4n) is 5.60. The van der Waals surface area contributed by atoms with E-state index in [9.17, 15) is 0 Å². The molecule has 0 saturated carbocycles. The minimum atomic E-state index is -0.127. The molecule has 0 aliphatic carbocycles. The molecule has 1 atom stereocenters. The van der Waals surface area contributed by atoms with Crippen LogP contribution in [0, 0.1) is 0 Å². The average molecular weight is 556 g/mol. The van der Waals surface area contributed by atoms with Crippen LogP contribution in [-0.2, 0) is 18.3 Å². The Hall–Kier alpha value is -4.30. The lowest BCUT2D eigenvalue weighted by molar-refractivity contribution is 0.0273. The zero-order valence-electron chi connectivity index (χ0n) is 23.3. The Morgan fingerprint density at radius 2 is 1.73 bits per heavy atom. The van der Waals surface area contributed by atoms with E-state index in [1.165, 1.54) is 0 Å². The summed E-state index contributed by atoms with van der Waals surface area (Å²) < 4.78 is 11.7. The Kier molecular flexibility index (Phi) is 6.84. The quantitative estimate of drug-likeness (QED) is 0.291. The lowest BCUT2D eigenvalue weighted by Gasteiger charge is -2.32. The van der Waals surface area contributed by atoms with Gasteiger partial charge in [0.1, 0.15) is 0 Å². The maximum absolute atomic E-state index is 6.08. The highest BCUT2D eigenvalue weighted by molar-refractivity contribution is 5.69. The molecule has 0 radical (unpaired) electrons. The number of aromatic nitrogens is 11. The van der Waals surface area contributed by atoms with Crippen molar-refractivity contribution in [3.63, 3.8) is 0 Å². The third-order valence-corrected chi connectivity index (χ3v) is 7.98. The van der Waals surface area contributed by atoms with Gasteiger partial charge >= 0.3 is 0 Å². The van der Waals surface area contributed by atoms with Crippen molar-refractivity contribution in [3.05, 3.63) is 43.4 Å². The number of nitrogens with zero attached hydrogens (tertiary/aromatic N) is 13. The van der Waals surface area contributed by atoms with Crippen LogP contribution in [0.1, 0.15) is 25.8 Å². The molecular formula is C27H33N13O. The summed E-state index contributed by atoms with van der Waals surface area (Å²) in [5.74, 6) is 0.684. The van der Waals surface area contributed by atoms with E-state index in [1.807, 2.05) is 31.8 Å². The molecule has 7 rings (SSSR count). The number of aryl methyl sites for hydroxylation is 1. The fraction of sp³-hybridized carbons (Fsp3) is 0.481. The van der Waals surface area contributed by atoms with Crippen LogP contribution in [0.3, 0.4) is 0 Å². The number of hydrogen-bond donors (Lipinski definition) is 0. The molecule has 212 valence electrons. The van der Waals surface area contributed by atoms with Gasteiger partial charge in [0.2, 0.25) is 11.6 Å². The van der Waals surface area contributed by atoms with Gasteiger partial charge in [-0.2, -0.15) is 10.2 Å². The van der Waals surface area contributed by atoms with Gasteiger partial charge in [-0.05, 0) is 19.4 Å². The molecule has 5 aromatic rings. The molecule has 0 bridgehead atoms. The molecule has 14 heteroatoms. The number of fused-ring (bicyclic) bond motifs is 1. The first-order valence-electron chi connectivity index (χ1n) is 14.1. The van der Waals surface area contributed by atoms with Crippen LogP contribution in [0.4, 0.5) is 5.95 Å². The molecule has 0 spiro atoms. The molecule has 7 heterocycles. The lowest BCUT2D eigenvalue weighted by atomic mass is 10.1. The van der Waals surface area contributed by atoms with Gasteiger partial charge in [0.15, 0.2) is 5.65 Å². The Labute approximate surface area is 237 Å². The van der Waals surface area contributed by atoms with Gasteiger partial charge in [-0.3, -0.25) is 9.36 Å². The monoisotopic (exact) mass is 555 g/mol. The summed E-state index contributed by atoms with van der Waals surface area (Å²) in [7, 11) is 1.87. The third-order valence-electron chi connectivity index (χ3n) is 7.98. The summed E-state index contributed by atoms with van der Waals surface area (Å²) in [6.07, 6.45) is 15.3. The molecule has 2 saturated heterocycles. The van der Waals surface area contributed by atoms with E-state index >= 15 is 0 Å². The normalized spacial score (nSPS) is 18.9. The molecule has 2 fully saturated rings. The predicted molar refractivity (Wildman–Crippen MR) is 151 cm³/mol. The summed E-state index contributed by atoms with van der Waals surface area (Å²) in [6.45, 7) is 8.00. The summed E-state index contributed by atoms with van der Waals surface area (Å²) in [5, 5.41) is 17.4. The van der Waals surface area contributed by atoms with Crippen LogP contribution in [-0.4, -0.2) is 105 Å². The summed E-state index contributed by atoms with van der Waals surface area (Å²) >= 11 is 0. The van der Waals surface area contributed by atoms with Gasteiger partial charge < -0.3 is 14.5 Å². The van der Waals surface area contributed by atoms with Gasteiger partial charge in [-0.15, -0.1) is 5.10 Å². The first-order valence-corrected chi connectivity index (χ1v) is 14.1. The van der Waals surface area contributed by atoms with Crippen molar-refractivity contribution in [3.8, 4) is 22.4 Å². The minimum absolute atomic E-state index is 0.127. The Morgan fingerprint density at radius 3 is 2.51 bits per heavy atom. The molecule has 14 nitrogen and oxygen atoms in total. The molecule has 0 amide bonds. The predicted octanol–water partition coefficient (Wildman–Crippen LogP) is 1.84. The smallest absolute Gasteiger partial charge is 0.225 e. The zero-order valence-corrected chi connectivity index (χ0v) is 23.3. The standard InChI is InChI=1S/C27H33N13O/c1-3-37-6-4-22(5-7-37)39-16-20(12-32-39)19-10-29-27(30-11-19)38-8-9-41-23(17-38)18-40-26-25(34-35-40)28-14-24(33-26)21-13-31-36(2)15-21/h10-16,22-23H,3-9,17-18H2,1-2H3/t23-/m0/s1. The van der Waals surface area contributed by atoms with Gasteiger partial charge in [-0.1, -0.05) is 12.1 Å². The lowest BCUT2D eigenvalue weighted by Crippen LogP contribution is -2.45.